The summed E-state index contributed by atoms with van der Waals surface area (Å²) < 4.78 is 6.92. The number of nitrogens with one attached hydrogen (secondary N) is 1. The minimum Gasteiger partial charge on any atom is -0.497 e. The van der Waals surface area contributed by atoms with Gasteiger partial charge in [0.25, 0.3) is 11.8 Å². The second-order valence-electron chi connectivity index (χ2n) is 6.85. The highest BCUT2D eigenvalue weighted by atomic mass is 16.5. The largest absolute Gasteiger partial charge is 0.497 e. The summed E-state index contributed by atoms with van der Waals surface area (Å²) in [7, 11) is 3.41. The molecule has 2 aliphatic rings. The van der Waals surface area contributed by atoms with E-state index in [1.54, 1.807) is 29.8 Å². The number of rotatable bonds is 3. The number of fused-ring (bicyclic) bond motifs is 2. The molecular formula is C19H22N4O3. The molecule has 136 valence electrons. The lowest BCUT2D eigenvalue weighted by molar-refractivity contribution is 0.0742. The zero-order chi connectivity index (χ0) is 18.3. The monoisotopic (exact) mass is 354 g/mol. The first-order valence-electron chi connectivity index (χ1n) is 8.88. The lowest BCUT2D eigenvalue weighted by atomic mass is 9.87. The Morgan fingerprint density at radius 3 is 2.96 bits per heavy atom. The van der Waals surface area contributed by atoms with Gasteiger partial charge in [0.15, 0.2) is 5.69 Å². The Hall–Kier alpha value is -2.83. The Labute approximate surface area is 151 Å². The third-order valence-corrected chi connectivity index (χ3v) is 5.20. The molecule has 2 heterocycles. The highest BCUT2D eigenvalue weighted by Gasteiger charge is 2.28. The Morgan fingerprint density at radius 1 is 1.31 bits per heavy atom. The fourth-order valence-electron chi connectivity index (χ4n) is 3.71. The van der Waals surface area contributed by atoms with E-state index in [9.17, 15) is 9.59 Å². The van der Waals surface area contributed by atoms with Crippen LogP contribution in [0.3, 0.4) is 0 Å². The molecule has 7 nitrogen and oxygen atoms in total. The highest BCUT2D eigenvalue weighted by molar-refractivity contribution is 5.98. The molecular weight excluding hydrogens is 332 g/mol. The van der Waals surface area contributed by atoms with E-state index in [0.29, 0.717) is 24.5 Å². The third kappa shape index (κ3) is 2.83. The van der Waals surface area contributed by atoms with Gasteiger partial charge in [-0.1, -0.05) is 6.07 Å². The number of hydrogen-bond acceptors (Lipinski definition) is 4. The fraction of sp³-hybridized carbons (Fsp3) is 0.421. The molecule has 1 unspecified atom stereocenters. The molecule has 0 spiro atoms. The molecule has 4 rings (SSSR count). The first kappa shape index (κ1) is 16.6. The van der Waals surface area contributed by atoms with Crippen molar-refractivity contribution in [3.8, 4) is 5.75 Å². The van der Waals surface area contributed by atoms with Gasteiger partial charge in [-0.05, 0) is 42.5 Å². The van der Waals surface area contributed by atoms with Crippen molar-refractivity contribution in [2.24, 2.45) is 0 Å². The number of likely N-dealkylation sites (N-methyl/N-ethyl adjacent to an activating group) is 1. The smallest absolute Gasteiger partial charge is 0.272 e. The molecule has 7 heteroatoms. The fourth-order valence-corrected chi connectivity index (χ4v) is 3.71. The average Bonchev–Trinajstić information content (AvgIpc) is 3.10. The Morgan fingerprint density at radius 2 is 2.15 bits per heavy atom. The van der Waals surface area contributed by atoms with Crippen LogP contribution in [0.4, 0.5) is 0 Å². The zero-order valence-corrected chi connectivity index (χ0v) is 15.0. The van der Waals surface area contributed by atoms with Crippen molar-refractivity contribution in [1.82, 2.24) is 20.0 Å². The number of aryl methyl sites for hydroxylation is 1. The summed E-state index contributed by atoms with van der Waals surface area (Å²) in [6.45, 7) is 1.21. The van der Waals surface area contributed by atoms with Crippen molar-refractivity contribution in [3.05, 3.63) is 46.8 Å². The van der Waals surface area contributed by atoms with Gasteiger partial charge in [-0.2, -0.15) is 5.10 Å². The standard InChI is InChI=1S/C19H22N4O3/c1-22-8-9-23-17(19(22)25)11-16(21-23)18(24)20-15-5-3-4-12-10-13(26-2)6-7-14(12)15/h6-7,10-11,15H,3-5,8-9H2,1-2H3,(H,20,24). The maximum absolute atomic E-state index is 12.7. The van der Waals surface area contributed by atoms with Crippen LogP contribution >= 0.6 is 0 Å². The van der Waals surface area contributed by atoms with Gasteiger partial charge >= 0.3 is 0 Å². The van der Waals surface area contributed by atoms with Crippen molar-refractivity contribution in [2.45, 2.75) is 31.8 Å². The molecule has 26 heavy (non-hydrogen) atoms. The number of methoxy groups -OCH3 is 1. The van der Waals surface area contributed by atoms with Gasteiger partial charge in [0, 0.05) is 19.7 Å². The zero-order valence-electron chi connectivity index (χ0n) is 15.0. The normalized spacial score (nSPS) is 18.9. The van der Waals surface area contributed by atoms with E-state index in [2.05, 4.69) is 10.4 Å². The van der Waals surface area contributed by atoms with E-state index in [4.69, 9.17) is 4.74 Å². The molecule has 0 saturated carbocycles. The van der Waals surface area contributed by atoms with Crippen LogP contribution in [0.5, 0.6) is 5.75 Å². The van der Waals surface area contributed by atoms with Crippen LogP contribution in [0.25, 0.3) is 0 Å². The van der Waals surface area contributed by atoms with E-state index >= 15 is 0 Å². The Balaban J connectivity index is 1.55. The number of ether oxygens (including phenoxy) is 1. The molecule has 1 atom stereocenters. The molecule has 0 radical (unpaired) electrons. The summed E-state index contributed by atoms with van der Waals surface area (Å²) in [6.07, 6.45) is 2.88. The number of carbonyl (C=O) groups is 2. The second kappa shape index (κ2) is 6.48. The molecule has 1 aromatic carbocycles. The minimum atomic E-state index is -0.240. The molecule has 0 saturated heterocycles. The number of benzene rings is 1. The number of aromatic nitrogens is 2. The summed E-state index contributed by atoms with van der Waals surface area (Å²) in [5.74, 6) is 0.495. The number of carbonyl (C=O) groups excluding carboxylic acids is 2. The van der Waals surface area contributed by atoms with Crippen molar-refractivity contribution < 1.29 is 14.3 Å². The summed E-state index contributed by atoms with van der Waals surface area (Å²) in [5.41, 5.74) is 3.11. The predicted octanol–water partition coefficient (Wildman–Crippen LogP) is 1.78. The maximum atomic E-state index is 12.7. The summed E-state index contributed by atoms with van der Waals surface area (Å²) in [5, 5.41) is 7.41. The Bertz CT molecular complexity index is 874. The molecule has 2 aromatic rings. The lowest BCUT2D eigenvalue weighted by Crippen LogP contribution is -2.37. The first-order chi connectivity index (χ1) is 12.6. The summed E-state index contributed by atoms with van der Waals surface area (Å²) in [4.78, 5) is 26.5. The van der Waals surface area contributed by atoms with Crippen LogP contribution in [0.2, 0.25) is 0 Å². The molecule has 0 fully saturated rings. The van der Waals surface area contributed by atoms with Crippen LogP contribution in [-0.2, 0) is 13.0 Å². The average molecular weight is 354 g/mol. The number of nitrogens with zero attached hydrogens (tertiary/aromatic N) is 3. The maximum Gasteiger partial charge on any atom is 0.272 e. The second-order valence-corrected chi connectivity index (χ2v) is 6.85. The lowest BCUT2D eigenvalue weighted by Gasteiger charge is -2.26. The number of amides is 2. The molecule has 0 bridgehead atoms. The molecule has 1 aromatic heterocycles. The predicted molar refractivity (Wildman–Crippen MR) is 95.3 cm³/mol. The highest BCUT2D eigenvalue weighted by Crippen LogP contribution is 2.32. The van der Waals surface area contributed by atoms with Gasteiger partial charge in [-0.25, -0.2) is 0 Å². The first-order valence-corrected chi connectivity index (χ1v) is 8.88. The molecule has 1 aliphatic heterocycles. The van der Waals surface area contributed by atoms with Crippen molar-refractivity contribution in [3.63, 3.8) is 0 Å². The van der Waals surface area contributed by atoms with E-state index in [1.807, 2.05) is 18.2 Å². The van der Waals surface area contributed by atoms with Crippen molar-refractivity contribution >= 4 is 11.8 Å². The van der Waals surface area contributed by atoms with Gasteiger partial charge < -0.3 is 15.0 Å². The summed E-state index contributed by atoms with van der Waals surface area (Å²) >= 11 is 0. The number of hydrogen-bond donors (Lipinski definition) is 1. The van der Waals surface area contributed by atoms with Crippen LogP contribution in [-0.4, -0.2) is 47.2 Å². The van der Waals surface area contributed by atoms with E-state index < -0.39 is 0 Å². The molecule has 2 amide bonds. The van der Waals surface area contributed by atoms with Crippen molar-refractivity contribution in [1.29, 1.82) is 0 Å². The van der Waals surface area contributed by atoms with Crippen LogP contribution < -0.4 is 10.1 Å². The SMILES string of the molecule is COc1ccc2c(c1)CCCC2NC(=O)c1cc2n(n1)CCN(C)C2=O. The quantitative estimate of drug-likeness (QED) is 0.912. The van der Waals surface area contributed by atoms with E-state index in [0.717, 1.165) is 30.6 Å². The van der Waals surface area contributed by atoms with E-state index in [-0.39, 0.29) is 17.9 Å². The van der Waals surface area contributed by atoms with Gasteiger partial charge in [0.1, 0.15) is 11.4 Å². The van der Waals surface area contributed by atoms with Crippen LogP contribution in [0.15, 0.2) is 24.3 Å². The minimum absolute atomic E-state index is 0.0470. The molecule has 1 N–H and O–H groups in total. The van der Waals surface area contributed by atoms with Gasteiger partial charge in [-0.15, -0.1) is 0 Å². The Kier molecular flexibility index (Phi) is 4.14. The van der Waals surface area contributed by atoms with Gasteiger partial charge in [-0.3, -0.25) is 14.3 Å². The van der Waals surface area contributed by atoms with Crippen LogP contribution in [0, 0.1) is 0 Å². The van der Waals surface area contributed by atoms with Gasteiger partial charge in [0.2, 0.25) is 0 Å². The van der Waals surface area contributed by atoms with E-state index in [1.165, 1.54) is 5.56 Å². The molecule has 1 aliphatic carbocycles. The van der Waals surface area contributed by atoms with Crippen molar-refractivity contribution in [2.75, 3.05) is 20.7 Å². The van der Waals surface area contributed by atoms with Crippen LogP contribution in [0.1, 0.15) is 51.0 Å². The third-order valence-electron chi connectivity index (χ3n) is 5.20. The summed E-state index contributed by atoms with van der Waals surface area (Å²) in [6, 6.07) is 7.53. The van der Waals surface area contributed by atoms with Gasteiger partial charge in [0.05, 0.1) is 19.7 Å². The topological polar surface area (TPSA) is 76.5 Å².